The first kappa shape index (κ1) is 16.3. The van der Waals surface area contributed by atoms with Gasteiger partial charge in [-0.15, -0.1) is 8.58 Å². The quantitative estimate of drug-likeness (QED) is 0.389. The molecule has 3 heteroatoms. The van der Waals surface area contributed by atoms with Gasteiger partial charge in [0.2, 0.25) is 0 Å². The fraction of sp³-hybridized carbons (Fsp3) is 0.909. The predicted molar refractivity (Wildman–Crippen MR) is 65.6 cm³/mol. The molecule has 0 spiro atoms. The van der Waals surface area contributed by atoms with Gasteiger partial charge < -0.3 is 4.74 Å². The lowest BCUT2D eigenvalue weighted by molar-refractivity contribution is -0.143. The maximum atomic E-state index is 10.8. The molecule has 0 radical (unpaired) electrons. The van der Waals surface area contributed by atoms with Crippen LogP contribution < -0.4 is 0 Å². The van der Waals surface area contributed by atoms with Gasteiger partial charge in [0.1, 0.15) is 0 Å². The third-order valence-electron chi connectivity index (χ3n) is 1.54. The average molecular weight is 220 g/mol. The van der Waals surface area contributed by atoms with Gasteiger partial charge in [-0.05, 0) is 26.7 Å². The third kappa shape index (κ3) is 17.8. The van der Waals surface area contributed by atoms with Gasteiger partial charge in [-0.1, -0.05) is 26.2 Å². The Labute approximate surface area is 90.6 Å². The second-order valence-electron chi connectivity index (χ2n) is 3.12. The molecule has 0 amide bonds. The Morgan fingerprint density at radius 2 is 1.71 bits per heavy atom. The van der Waals surface area contributed by atoms with Crippen LogP contribution in [0.4, 0.5) is 0 Å². The number of esters is 1. The summed E-state index contributed by atoms with van der Waals surface area (Å²) >= 11 is 0. The fourth-order valence-electron chi connectivity index (χ4n) is 0.929. The molecule has 86 valence electrons. The van der Waals surface area contributed by atoms with E-state index in [1.807, 2.05) is 6.92 Å². The molecule has 0 aliphatic carbocycles. The van der Waals surface area contributed by atoms with Crippen molar-refractivity contribution in [3.63, 3.8) is 0 Å². The smallest absolute Gasteiger partial charge is 0.305 e. The van der Waals surface area contributed by atoms with E-state index in [1.54, 1.807) is 0 Å². The Hall–Kier alpha value is -0.100. The topological polar surface area (TPSA) is 26.3 Å². The molecule has 0 aromatic rings. The van der Waals surface area contributed by atoms with E-state index >= 15 is 0 Å². The van der Waals surface area contributed by atoms with E-state index in [2.05, 4.69) is 20.3 Å². The standard InChI is InChI=1S/C9H18O2.C2H7P/c1-3-5-6-7-8-9(10)11-4-2;1-3-2/h3-8H2,1-2H3;3H,1-2H3. The lowest BCUT2D eigenvalue weighted by Gasteiger charge is -2.00. The van der Waals surface area contributed by atoms with E-state index in [0.717, 1.165) is 21.4 Å². The number of carbonyl (C=O) groups excluding carboxylic acids is 1. The highest BCUT2D eigenvalue weighted by atomic mass is 31.1. The summed E-state index contributed by atoms with van der Waals surface area (Å²) in [5, 5.41) is 0. The van der Waals surface area contributed by atoms with Gasteiger partial charge in [-0.3, -0.25) is 4.79 Å². The number of hydrogen-bond donors (Lipinski definition) is 0. The highest BCUT2D eigenvalue weighted by Crippen LogP contribution is 2.02. The summed E-state index contributed by atoms with van der Waals surface area (Å²) in [5.41, 5.74) is 0. The van der Waals surface area contributed by atoms with E-state index in [-0.39, 0.29) is 5.97 Å². The molecule has 14 heavy (non-hydrogen) atoms. The molecule has 0 fully saturated rings. The van der Waals surface area contributed by atoms with Crippen LogP contribution in [0.2, 0.25) is 0 Å². The van der Waals surface area contributed by atoms with Gasteiger partial charge in [0, 0.05) is 6.42 Å². The second-order valence-corrected chi connectivity index (χ2v) is 4.12. The van der Waals surface area contributed by atoms with Crippen molar-refractivity contribution in [1.29, 1.82) is 0 Å². The molecule has 0 aliphatic heterocycles. The van der Waals surface area contributed by atoms with Gasteiger partial charge >= 0.3 is 5.97 Å². The zero-order valence-corrected chi connectivity index (χ0v) is 11.1. The van der Waals surface area contributed by atoms with Crippen LogP contribution in [-0.2, 0) is 9.53 Å². The first-order valence-corrected chi connectivity index (χ1v) is 7.46. The summed E-state index contributed by atoms with van der Waals surface area (Å²) in [6.07, 6.45) is 5.15. The SMILES string of the molecule is CCCCCCC(=O)OCC.CPC. The molecule has 0 aromatic heterocycles. The van der Waals surface area contributed by atoms with Crippen molar-refractivity contribution < 1.29 is 9.53 Å². The van der Waals surface area contributed by atoms with Crippen molar-refractivity contribution in [1.82, 2.24) is 0 Å². The lowest BCUT2D eigenvalue weighted by atomic mass is 10.2. The lowest BCUT2D eigenvalue weighted by Crippen LogP contribution is -2.02. The number of ether oxygens (including phenoxy) is 1. The summed E-state index contributed by atoms with van der Waals surface area (Å²) in [4.78, 5) is 10.8. The molecule has 0 unspecified atom stereocenters. The Kier molecular flexibility index (Phi) is 17.9. The first-order chi connectivity index (χ1) is 6.72. The monoisotopic (exact) mass is 220 g/mol. The first-order valence-electron chi connectivity index (χ1n) is 5.46. The Morgan fingerprint density at radius 3 is 2.14 bits per heavy atom. The molecule has 0 aliphatic rings. The summed E-state index contributed by atoms with van der Waals surface area (Å²) in [6, 6.07) is 0. The fourth-order valence-corrected chi connectivity index (χ4v) is 0.929. The zero-order chi connectivity index (χ0) is 11.2. The van der Waals surface area contributed by atoms with Crippen LogP contribution in [0.25, 0.3) is 0 Å². The number of hydrogen-bond acceptors (Lipinski definition) is 2. The van der Waals surface area contributed by atoms with E-state index in [9.17, 15) is 4.79 Å². The largest absolute Gasteiger partial charge is 0.466 e. The molecular formula is C11H25O2P. The van der Waals surface area contributed by atoms with Gasteiger partial charge in [0.05, 0.1) is 6.61 Å². The molecule has 0 N–H and O–H groups in total. The van der Waals surface area contributed by atoms with Crippen LogP contribution in [0.5, 0.6) is 0 Å². The molecule has 0 atom stereocenters. The van der Waals surface area contributed by atoms with E-state index < -0.39 is 0 Å². The molecule has 0 rings (SSSR count). The van der Waals surface area contributed by atoms with Crippen LogP contribution in [0.1, 0.15) is 46.0 Å². The molecular weight excluding hydrogens is 195 g/mol. The van der Waals surface area contributed by atoms with Crippen LogP contribution in [0.15, 0.2) is 0 Å². The Bertz CT molecular complexity index is 116. The van der Waals surface area contributed by atoms with Crippen LogP contribution >= 0.6 is 8.58 Å². The van der Waals surface area contributed by atoms with Crippen molar-refractivity contribution in [2.24, 2.45) is 0 Å². The van der Waals surface area contributed by atoms with Crippen LogP contribution in [-0.4, -0.2) is 25.9 Å². The van der Waals surface area contributed by atoms with Crippen molar-refractivity contribution in [2.75, 3.05) is 19.9 Å². The van der Waals surface area contributed by atoms with Gasteiger partial charge in [-0.25, -0.2) is 0 Å². The Morgan fingerprint density at radius 1 is 1.14 bits per heavy atom. The van der Waals surface area contributed by atoms with E-state index in [1.165, 1.54) is 12.8 Å². The molecule has 0 saturated heterocycles. The van der Waals surface area contributed by atoms with Gasteiger partial charge in [0.15, 0.2) is 0 Å². The Balaban J connectivity index is 0. The van der Waals surface area contributed by atoms with Gasteiger partial charge in [0.25, 0.3) is 0 Å². The predicted octanol–water partition coefficient (Wildman–Crippen LogP) is 3.44. The minimum absolute atomic E-state index is 0.0522. The summed E-state index contributed by atoms with van der Waals surface area (Å²) in [5.74, 6) is -0.0522. The second kappa shape index (κ2) is 15.4. The minimum atomic E-state index is -0.0522. The summed E-state index contributed by atoms with van der Waals surface area (Å²) < 4.78 is 4.78. The molecule has 0 heterocycles. The van der Waals surface area contributed by atoms with Crippen molar-refractivity contribution >= 4 is 14.6 Å². The van der Waals surface area contributed by atoms with E-state index in [4.69, 9.17) is 4.74 Å². The molecule has 0 saturated carbocycles. The van der Waals surface area contributed by atoms with Crippen molar-refractivity contribution in [3.05, 3.63) is 0 Å². The highest BCUT2D eigenvalue weighted by Gasteiger charge is 1.99. The molecule has 0 aromatic carbocycles. The summed E-state index contributed by atoms with van der Waals surface area (Å²) in [6.45, 7) is 8.81. The van der Waals surface area contributed by atoms with Gasteiger partial charge in [-0.2, -0.15) is 0 Å². The maximum Gasteiger partial charge on any atom is 0.305 e. The molecule has 2 nitrogen and oxygen atoms in total. The van der Waals surface area contributed by atoms with E-state index in [0.29, 0.717) is 13.0 Å². The normalized spacial score (nSPS) is 8.86. The number of unbranched alkanes of at least 4 members (excludes halogenated alkanes) is 3. The number of carbonyl (C=O) groups is 1. The third-order valence-corrected chi connectivity index (χ3v) is 1.54. The minimum Gasteiger partial charge on any atom is -0.466 e. The highest BCUT2D eigenvalue weighted by molar-refractivity contribution is 7.35. The van der Waals surface area contributed by atoms with Crippen LogP contribution in [0, 0.1) is 0 Å². The molecule has 0 bridgehead atoms. The average Bonchev–Trinajstić information content (AvgIpc) is 2.14. The zero-order valence-electron chi connectivity index (χ0n) is 10.1. The number of rotatable bonds is 6. The van der Waals surface area contributed by atoms with Crippen molar-refractivity contribution in [3.8, 4) is 0 Å². The van der Waals surface area contributed by atoms with Crippen molar-refractivity contribution in [2.45, 2.75) is 46.0 Å². The van der Waals surface area contributed by atoms with Crippen LogP contribution in [0.3, 0.4) is 0 Å². The summed E-state index contributed by atoms with van der Waals surface area (Å²) in [7, 11) is 1.08. The maximum absolute atomic E-state index is 10.8.